The first-order chi connectivity index (χ1) is 13.2. The van der Waals surface area contributed by atoms with E-state index in [0.29, 0.717) is 11.7 Å². The molecule has 0 unspecified atom stereocenters. The monoisotopic (exact) mass is 390 g/mol. The third-order valence-corrected chi connectivity index (χ3v) is 6.76. The number of hydrogen-bond acceptors (Lipinski definition) is 4. The van der Waals surface area contributed by atoms with Crippen LogP contribution in [0.4, 0.5) is 0 Å². The molecule has 2 aliphatic heterocycles. The van der Waals surface area contributed by atoms with Crippen LogP contribution in [0.1, 0.15) is 36.8 Å². The second kappa shape index (κ2) is 11.1. The molecule has 4 nitrogen and oxygen atoms in total. The van der Waals surface area contributed by atoms with Crippen LogP contribution in [0.25, 0.3) is 0 Å². The fourth-order valence-electron chi connectivity index (χ4n) is 3.93. The summed E-state index contributed by atoms with van der Waals surface area (Å²) in [4.78, 5) is 17.1. The third kappa shape index (κ3) is 7.13. The molecule has 3 rings (SSSR count). The lowest BCUT2D eigenvalue weighted by molar-refractivity contribution is -0.129. The number of aryl methyl sites for hydroxylation is 1. The molecular formula is C22H34N2O2S. The van der Waals surface area contributed by atoms with Crippen molar-refractivity contribution in [1.29, 1.82) is 0 Å². The summed E-state index contributed by atoms with van der Waals surface area (Å²) in [6.45, 7) is 9.18. The number of amides is 1. The van der Waals surface area contributed by atoms with Gasteiger partial charge in [0.05, 0.1) is 19.0 Å². The zero-order valence-electron chi connectivity index (χ0n) is 16.7. The fourth-order valence-corrected chi connectivity index (χ4v) is 4.82. The Hall–Kier alpha value is -1.04. The van der Waals surface area contributed by atoms with Crippen molar-refractivity contribution >= 4 is 17.7 Å². The molecule has 1 amide bonds. The number of rotatable bonds is 8. The molecular weight excluding hydrogens is 356 g/mol. The Labute approximate surface area is 168 Å². The van der Waals surface area contributed by atoms with Gasteiger partial charge in [0.2, 0.25) is 5.91 Å². The molecule has 2 fully saturated rings. The number of nitrogens with zero attached hydrogens (tertiary/aromatic N) is 2. The SMILES string of the molecule is Cc1ccc(CSCC(=O)N2CCC(CCCN3CCOCC3)CC2)cc1. The summed E-state index contributed by atoms with van der Waals surface area (Å²) in [7, 11) is 0. The molecule has 150 valence electrons. The number of ether oxygens (including phenoxy) is 1. The van der Waals surface area contributed by atoms with Gasteiger partial charge in [0.25, 0.3) is 0 Å². The van der Waals surface area contributed by atoms with E-state index >= 15 is 0 Å². The van der Waals surface area contributed by atoms with E-state index in [1.165, 1.54) is 43.4 Å². The smallest absolute Gasteiger partial charge is 0.232 e. The lowest BCUT2D eigenvalue weighted by Crippen LogP contribution is -2.40. The van der Waals surface area contributed by atoms with E-state index in [2.05, 4.69) is 41.0 Å². The van der Waals surface area contributed by atoms with Gasteiger partial charge < -0.3 is 9.64 Å². The average Bonchev–Trinajstić information content (AvgIpc) is 2.71. The highest BCUT2D eigenvalue weighted by molar-refractivity contribution is 7.99. The van der Waals surface area contributed by atoms with E-state index in [-0.39, 0.29) is 0 Å². The number of hydrogen-bond donors (Lipinski definition) is 0. The summed E-state index contributed by atoms with van der Waals surface area (Å²) in [5.41, 5.74) is 2.59. The van der Waals surface area contributed by atoms with Crippen molar-refractivity contribution in [2.45, 2.75) is 38.4 Å². The molecule has 2 aliphatic rings. The molecule has 0 N–H and O–H groups in total. The number of likely N-dealkylation sites (tertiary alicyclic amines) is 1. The van der Waals surface area contributed by atoms with Crippen molar-refractivity contribution in [1.82, 2.24) is 9.80 Å². The lowest BCUT2D eigenvalue weighted by atomic mass is 9.92. The van der Waals surface area contributed by atoms with Crippen LogP contribution < -0.4 is 0 Å². The molecule has 0 aliphatic carbocycles. The number of carbonyl (C=O) groups is 1. The summed E-state index contributed by atoms with van der Waals surface area (Å²) >= 11 is 1.74. The molecule has 0 bridgehead atoms. The Morgan fingerprint density at radius 3 is 2.52 bits per heavy atom. The summed E-state index contributed by atoms with van der Waals surface area (Å²) < 4.78 is 5.41. The number of morpholine rings is 1. The molecule has 1 aromatic carbocycles. The van der Waals surface area contributed by atoms with Gasteiger partial charge in [-0.25, -0.2) is 0 Å². The van der Waals surface area contributed by atoms with Crippen molar-refractivity contribution in [3.63, 3.8) is 0 Å². The van der Waals surface area contributed by atoms with E-state index < -0.39 is 0 Å². The summed E-state index contributed by atoms with van der Waals surface area (Å²) in [6, 6.07) is 8.60. The number of thioether (sulfide) groups is 1. The fraction of sp³-hybridized carbons (Fsp3) is 0.682. The van der Waals surface area contributed by atoms with Crippen molar-refractivity contribution in [2.24, 2.45) is 5.92 Å². The minimum absolute atomic E-state index is 0.318. The highest BCUT2D eigenvalue weighted by atomic mass is 32.2. The van der Waals surface area contributed by atoms with Crippen LogP contribution in [0.15, 0.2) is 24.3 Å². The van der Waals surface area contributed by atoms with Gasteiger partial charge in [0.15, 0.2) is 0 Å². The number of carbonyl (C=O) groups excluding carboxylic acids is 1. The molecule has 0 atom stereocenters. The van der Waals surface area contributed by atoms with Crippen LogP contribution in [-0.4, -0.2) is 67.4 Å². The van der Waals surface area contributed by atoms with Gasteiger partial charge in [-0.2, -0.15) is 0 Å². The van der Waals surface area contributed by atoms with E-state index in [1.807, 2.05) is 0 Å². The maximum Gasteiger partial charge on any atom is 0.232 e. The summed E-state index contributed by atoms with van der Waals surface area (Å²) in [5, 5.41) is 0. The maximum absolute atomic E-state index is 12.5. The zero-order chi connectivity index (χ0) is 18.9. The van der Waals surface area contributed by atoms with E-state index in [4.69, 9.17) is 4.74 Å². The minimum atomic E-state index is 0.318. The van der Waals surface area contributed by atoms with Gasteiger partial charge in [0, 0.05) is 31.9 Å². The van der Waals surface area contributed by atoms with E-state index in [9.17, 15) is 4.79 Å². The van der Waals surface area contributed by atoms with Gasteiger partial charge in [-0.05, 0) is 50.6 Å². The Morgan fingerprint density at radius 2 is 1.81 bits per heavy atom. The first-order valence-electron chi connectivity index (χ1n) is 10.4. The molecule has 27 heavy (non-hydrogen) atoms. The van der Waals surface area contributed by atoms with Crippen LogP contribution in [0, 0.1) is 12.8 Å². The van der Waals surface area contributed by atoms with Crippen molar-refractivity contribution in [3.05, 3.63) is 35.4 Å². The Balaban J connectivity index is 1.26. The highest BCUT2D eigenvalue weighted by Gasteiger charge is 2.22. The number of benzene rings is 1. The standard InChI is InChI=1S/C22H34N2O2S/c1-19-4-6-21(7-5-19)17-27-18-22(25)24-11-8-20(9-12-24)3-2-10-23-13-15-26-16-14-23/h4-7,20H,2-3,8-18H2,1H3. The molecule has 1 aromatic rings. The molecule has 0 radical (unpaired) electrons. The molecule has 2 heterocycles. The van der Waals surface area contributed by atoms with Crippen LogP contribution in [0.5, 0.6) is 0 Å². The minimum Gasteiger partial charge on any atom is -0.379 e. The van der Waals surface area contributed by atoms with Crippen molar-refractivity contribution in [3.8, 4) is 0 Å². The first kappa shape index (κ1) is 20.7. The van der Waals surface area contributed by atoms with Gasteiger partial charge in [0.1, 0.15) is 0 Å². The second-order valence-corrected chi connectivity index (χ2v) is 8.88. The average molecular weight is 391 g/mol. The first-order valence-corrected chi connectivity index (χ1v) is 11.6. The van der Waals surface area contributed by atoms with Gasteiger partial charge in [-0.3, -0.25) is 9.69 Å². The molecule has 5 heteroatoms. The highest BCUT2D eigenvalue weighted by Crippen LogP contribution is 2.23. The second-order valence-electron chi connectivity index (χ2n) is 7.90. The van der Waals surface area contributed by atoms with E-state index in [0.717, 1.165) is 51.1 Å². The van der Waals surface area contributed by atoms with Crippen molar-refractivity contribution in [2.75, 3.05) is 51.7 Å². The molecule has 2 saturated heterocycles. The maximum atomic E-state index is 12.5. The van der Waals surface area contributed by atoms with Crippen LogP contribution in [0.2, 0.25) is 0 Å². The van der Waals surface area contributed by atoms with Gasteiger partial charge >= 0.3 is 0 Å². The largest absolute Gasteiger partial charge is 0.379 e. The predicted octanol–water partition coefficient (Wildman–Crippen LogP) is 3.58. The van der Waals surface area contributed by atoms with Crippen molar-refractivity contribution < 1.29 is 9.53 Å². The Morgan fingerprint density at radius 1 is 1.11 bits per heavy atom. The quantitative estimate of drug-likeness (QED) is 0.679. The third-order valence-electron chi connectivity index (χ3n) is 5.77. The lowest BCUT2D eigenvalue weighted by Gasteiger charge is -2.33. The molecule has 0 spiro atoms. The Bertz CT molecular complexity index is 564. The zero-order valence-corrected chi connectivity index (χ0v) is 17.5. The summed E-state index contributed by atoms with van der Waals surface area (Å²) in [6.07, 6.45) is 4.95. The van der Waals surface area contributed by atoms with Crippen LogP contribution in [-0.2, 0) is 15.3 Å². The van der Waals surface area contributed by atoms with Crippen LogP contribution in [0.3, 0.4) is 0 Å². The Kier molecular flexibility index (Phi) is 8.49. The molecule has 0 saturated carbocycles. The van der Waals surface area contributed by atoms with Crippen LogP contribution >= 0.6 is 11.8 Å². The van der Waals surface area contributed by atoms with E-state index in [1.54, 1.807) is 11.8 Å². The topological polar surface area (TPSA) is 32.8 Å². The summed E-state index contributed by atoms with van der Waals surface area (Å²) in [5.74, 6) is 2.65. The normalized spacial score (nSPS) is 19.4. The van der Waals surface area contributed by atoms with Gasteiger partial charge in [-0.15, -0.1) is 11.8 Å². The predicted molar refractivity (Wildman–Crippen MR) is 113 cm³/mol. The molecule has 0 aromatic heterocycles. The van der Waals surface area contributed by atoms with Gasteiger partial charge in [-0.1, -0.05) is 29.8 Å². The number of piperidine rings is 1.